The van der Waals surface area contributed by atoms with Crippen LogP contribution in [0.1, 0.15) is 0 Å². The molecule has 7 heteroatoms. The highest BCUT2D eigenvalue weighted by molar-refractivity contribution is 7.99. The summed E-state index contributed by atoms with van der Waals surface area (Å²) in [5.74, 6) is -0.134. The van der Waals surface area contributed by atoms with E-state index in [1.165, 1.54) is 25.1 Å². The third kappa shape index (κ3) is 3.56. The summed E-state index contributed by atoms with van der Waals surface area (Å²) in [4.78, 5) is 14.6. The quantitative estimate of drug-likeness (QED) is 0.553. The fourth-order valence-electron chi connectivity index (χ4n) is 0.529. The van der Waals surface area contributed by atoms with E-state index in [4.69, 9.17) is 11.6 Å². The Kier molecular flexibility index (Phi) is 3.91. The number of aromatic nitrogens is 3. The van der Waals surface area contributed by atoms with E-state index in [1.54, 1.807) is 0 Å². The van der Waals surface area contributed by atoms with Crippen molar-refractivity contribution < 1.29 is 9.53 Å². The van der Waals surface area contributed by atoms with E-state index in [9.17, 15) is 4.79 Å². The lowest BCUT2D eigenvalue weighted by molar-refractivity contribution is -0.137. The van der Waals surface area contributed by atoms with Crippen LogP contribution in [-0.2, 0) is 9.53 Å². The summed E-state index contributed by atoms with van der Waals surface area (Å²) in [6, 6.07) is 0. The average Bonchev–Trinajstić information content (AvgIpc) is 2.14. The molecule has 0 aliphatic rings. The maximum atomic E-state index is 10.7. The van der Waals surface area contributed by atoms with Gasteiger partial charge in [0.05, 0.1) is 19.1 Å². The summed E-state index contributed by atoms with van der Waals surface area (Å²) in [6.07, 6.45) is 1.43. The monoisotopic (exact) mass is 219 g/mol. The Morgan fingerprint density at radius 3 is 3.15 bits per heavy atom. The molecule has 0 saturated carbocycles. The summed E-state index contributed by atoms with van der Waals surface area (Å²) in [6.45, 7) is 0. The van der Waals surface area contributed by atoms with Crippen molar-refractivity contribution in [3.8, 4) is 0 Å². The number of hydrogen-bond donors (Lipinski definition) is 0. The molecule has 0 radical (unpaired) electrons. The second-order valence-corrected chi connectivity index (χ2v) is 3.26. The van der Waals surface area contributed by atoms with E-state index in [0.717, 1.165) is 0 Å². The van der Waals surface area contributed by atoms with Gasteiger partial charge in [-0.3, -0.25) is 4.79 Å². The van der Waals surface area contributed by atoms with Gasteiger partial charge in [0.25, 0.3) is 0 Å². The number of halogens is 1. The van der Waals surface area contributed by atoms with Gasteiger partial charge in [0.2, 0.25) is 5.28 Å². The normalized spacial score (nSPS) is 9.69. The molecule has 0 saturated heterocycles. The maximum absolute atomic E-state index is 10.7. The highest BCUT2D eigenvalue weighted by atomic mass is 35.5. The predicted octanol–water partition coefficient (Wildman–Crippen LogP) is 0.790. The SMILES string of the molecule is COC(=O)CSc1cnnc(Cl)n1. The van der Waals surface area contributed by atoms with Gasteiger partial charge < -0.3 is 4.74 Å². The summed E-state index contributed by atoms with van der Waals surface area (Å²) in [7, 11) is 1.33. The van der Waals surface area contributed by atoms with Crippen molar-refractivity contribution >= 4 is 29.3 Å². The van der Waals surface area contributed by atoms with Crippen LogP contribution in [0.25, 0.3) is 0 Å². The van der Waals surface area contributed by atoms with Crippen molar-refractivity contribution in [2.45, 2.75) is 5.03 Å². The molecule has 1 aromatic heterocycles. The maximum Gasteiger partial charge on any atom is 0.316 e. The van der Waals surface area contributed by atoms with Gasteiger partial charge in [-0.1, -0.05) is 11.8 Å². The van der Waals surface area contributed by atoms with E-state index in [-0.39, 0.29) is 17.0 Å². The van der Waals surface area contributed by atoms with Crippen LogP contribution in [0.3, 0.4) is 0 Å². The Bertz CT molecular complexity index is 310. The van der Waals surface area contributed by atoms with Crippen molar-refractivity contribution in [2.75, 3.05) is 12.9 Å². The Labute approximate surface area is 83.9 Å². The predicted molar refractivity (Wildman–Crippen MR) is 47.6 cm³/mol. The minimum Gasteiger partial charge on any atom is -0.468 e. The topological polar surface area (TPSA) is 65.0 Å². The van der Waals surface area contributed by atoms with E-state index in [1.807, 2.05) is 0 Å². The van der Waals surface area contributed by atoms with Crippen LogP contribution < -0.4 is 0 Å². The summed E-state index contributed by atoms with van der Waals surface area (Å²) >= 11 is 6.67. The Hall–Kier alpha value is -0.880. The molecule has 0 amide bonds. The van der Waals surface area contributed by atoms with Gasteiger partial charge in [-0.15, -0.1) is 5.10 Å². The number of hydrogen-bond acceptors (Lipinski definition) is 6. The minimum absolute atomic E-state index is 0.0647. The molecule has 0 bridgehead atoms. The van der Waals surface area contributed by atoms with Crippen LogP contribution in [0.4, 0.5) is 0 Å². The molecule has 1 heterocycles. The fourth-order valence-corrected chi connectivity index (χ4v) is 1.37. The van der Waals surface area contributed by atoms with Crippen molar-refractivity contribution in [3.63, 3.8) is 0 Å². The van der Waals surface area contributed by atoms with Gasteiger partial charge in [-0.25, -0.2) is 4.98 Å². The number of nitrogens with zero attached hydrogens (tertiary/aromatic N) is 3. The molecule has 1 aromatic rings. The summed E-state index contributed by atoms with van der Waals surface area (Å²) < 4.78 is 4.45. The second-order valence-electron chi connectivity index (χ2n) is 1.93. The van der Waals surface area contributed by atoms with Gasteiger partial charge in [0.1, 0.15) is 5.03 Å². The van der Waals surface area contributed by atoms with E-state index in [0.29, 0.717) is 5.03 Å². The number of carbonyl (C=O) groups excluding carboxylic acids is 1. The molecular weight excluding hydrogens is 214 g/mol. The molecule has 70 valence electrons. The first-order chi connectivity index (χ1) is 6.22. The fraction of sp³-hybridized carbons (Fsp3) is 0.333. The highest BCUT2D eigenvalue weighted by Gasteiger charge is 2.03. The summed E-state index contributed by atoms with van der Waals surface area (Å²) in [5.41, 5.74) is 0. The molecular formula is C6H6ClN3O2S. The van der Waals surface area contributed by atoms with Crippen LogP contribution in [0.2, 0.25) is 5.28 Å². The third-order valence-corrected chi connectivity index (χ3v) is 2.11. The van der Waals surface area contributed by atoms with Crippen LogP contribution >= 0.6 is 23.4 Å². The molecule has 0 aliphatic heterocycles. The zero-order valence-corrected chi connectivity index (χ0v) is 8.30. The van der Waals surface area contributed by atoms with Crippen molar-refractivity contribution in [2.24, 2.45) is 0 Å². The molecule has 13 heavy (non-hydrogen) atoms. The second kappa shape index (κ2) is 4.98. The lowest BCUT2D eigenvalue weighted by Gasteiger charge is -1.97. The molecule has 0 fully saturated rings. The third-order valence-electron chi connectivity index (χ3n) is 1.08. The first-order valence-corrected chi connectivity index (χ1v) is 4.63. The molecule has 0 aliphatic carbocycles. The van der Waals surface area contributed by atoms with Crippen LogP contribution in [0, 0.1) is 0 Å². The Morgan fingerprint density at radius 1 is 1.77 bits per heavy atom. The van der Waals surface area contributed by atoms with E-state index < -0.39 is 0 Å². The van der Waals surface area contributed by atoms with Crippen molar-refractivity contribution in [1.82, 2.24) is 15.2 Å². The first kappa shape index (κ1) is 10.2. The Balaban J connectivity index is 2.50. The van der Waals surface area contributed by atoms with Crippen molar-refractivity contribution in [3.05, 3.63) is 11.5 Å². The smallest absolute Gasteiger partial charge is 0.316 e. The molecule has 0 spiro atoms. The van der Waals surface area contributed by atoms with Crippen LogP contribution in [0.15, 0.2) is 11.2 Å². The molecule has 1 rings (SSSR count). The van der Waals surface area contributed by atoms with Gasteiger partial charge in [-0.05, 0) is 11.6 Å². The lowest BCUT2D eigenvalue weighted by Crippen LogP contribution is -2.03. The minimum atomic E-state index is -0.320. The number of carbonyl (C=O) groups is 1. The summed E-state index contributed by atoms with van der Waals surface area (Å²) in [5, 5.41) is 7.64. The number of ether oxygens (including phenoxy) is 1. The van der Waals surface area contributed by atoms with Crippen LogP contribution in [-0.4, -0.2) is 34.0 Å². The number of rotatable bonds is 3. The van der Waals surface area contributed by atoms with Crippen LogP contribution in [0.5, 0.6) is 0 Å². The van der Waals surface area contributed by atoms with Crippen molar-refractivity contribution in [1.29, 1.82) is 0 Å². The van der Waals surface area contributed by atoms with Gasteiger partial charge >= 0.3 is 5.97 Å². The van der Waals surface area contributed by atoms with Gasteiger partial charge in [0, 0.05) is 0 Å². The molecule has 0 N–H and O–H groups in total. The average molecular weight is 220 g/mol. The number of thioether (sulfide) groups is 1. The van der Waals surface area contributed by atoms with Gasteiger partial charge in [-0.2, -0.15) is 5.10 Å². The molecule has 0 atom stereocenters. The lowest BCUT2D eigenvalue weighted by atomic mass is 10.8. The molecule has 5 nitrogen and oxygen atoms in total. The first-order valence-electron chi connectivity index (χ1n) is 3.27. The largest absolute Gasteiger partial charge is 0.468 e. The molecule has 0 unspecified atom stereocenters. The molecule has 0 aromatic carbocycles. The Morgan fingerprint density at radius 2 is 2.54 bits per heavy atom. The highest BCUT2D eigenvalue weighted by Crippen LogP contribution is 2.14. The van der Waals surface area contributed by atoms with E-state index in [2.05, 4.69) is 19.9 Å². The zero-order valence-electron chi connectivity index (χ0n) is 6.73. The van der Waals surface area contributed by atoms with Gasteiger partial charge in [0.15, 0.2) is 0 Å². The standard InChI is InChI=1S/C6H6ClN3O2S/c1-12-5(11)3-13-4-2-8-10-6(7)9-4/h2H,3H2,1H3. The number of esters is 1. The zero-order chi connectivity index (χ0) is 9.68. The van der Waals surface area contributed by atoms with E-state index >= 15 is 0 Å². The number of methoxy groups -OCH3 is 1.